The van der Waals surface area contributed by atoms with E-state index in [0.717, 1.165) is 5.56 Å². The van der Waals surface area contributed by atoms with Gasteiger partial charge >= 0.3 is 0 Å². The zero-order valence-corrected chi connectivity index (χ0v) is 14.7. The normalized spacial score (nSPS) is 10.2. The minimum atomic E-state index is -0.199. The van der Waals surface area contributed by atoms with E-state index in [0.29, 0.717) is 22.0 Å². The second-order valence-electron chi connectivity index (χ2n) is 5.75. The van der Waals surface area contributed by atoms with E-state index in [-0.39, 0.29) is 18.2 Å². The summed E-state index contributed by atoms with van der Waals surface area (Å²) >= 11 is 5.85. The first-order chi connectivity index (χ1) is 12.6. The lowest BCUT2D eigenvalue weighted by molar-refractivity contribution is -0.115. The molecule has 3 aromatic carbocycles. The highest BCUT2D eigenvalue weighted by Crippen LogP contribution is 2.17. The first-order valence-corrected chi connectivity index (χ1v) is 8.49. The summed E-state index contributed by atoms with van der Waals surface area (Å²) in [6, 6.07) is 23.1. The fourth-order valence-corrected chi connectivity index (χ4v) is 2.59. The van der Waals surface area contributed by atoms with Gasteiger partial charge in [-0.15, -0.1) is 0 Å². The molecular weight excluding hydrogens is 348 g/mol. The van der Waals surface area contributed by atoms with E-state index in [9.17, 15) is 9.59 Å². The molecule has 0 saturated heterocycles. The number of amides is 2. The maximum Gasteiger partial charge on any atom is 0.255 e. The summed E-state index contributed by atoms with van der Waals surface area (Å²) in [7, 11) is 0. The van der Waals surface area contributed by atoms with Crippen molar-refractivity contribution >= 4 is 34.8 Å². The quantitative estimate of drug-likeness (QED) is 0.684. The number of hydrogen-bond acceptors (Lipinski definition) is 2. The van der Waals surface area contributed by atoms with Gasteiger partial charge in [0.25, 0.3) is 5.91 Å². The third-order valence-electron chi connectivity index (χ3n) is 3.72. The molecule has 3 rings (SSSR count). The molecule has 0 radical (unpaired) electrons. The van der Waals surface area contributed by atoms with Crippen LogP contribution in [0.15, 0.2) is 78.9 Å². The Kier molecular flexibility index (Phi) is 5.66. The Hall–Kier alpha value is -3.11. The Balaban J connectivity index is 1.62. The standard InChI is InChI=1S/C21H17ClN2O2/c22-17-11-9-15(10-12-17)13-20(25)23-18-7-4-8-19(14-18)24-21(26)16-5-2-1-3-6-16/h1-12,14H,13H2,(H,23,25)(H,24,26). The summed E-state index contributed by atoms with van der Waals surface area (Å²) in [4.78, 5) is 24.4. The summed E-state index contributed by atoms with van der Waals surface area (Å²) in [6.45, 7) is 0. The van der Waals surface area contributed by atoms with Crippen LogP contribution in [0, 0.1) is 0 Å². The maximum absolute atomic E-state index is 12.2. The molecule has 0 aliphatic heterocycles. The van der Waals surface area contributed by atoms with Crippen molar-refractivity contribution in [2.75, 3.05) is 10.6 Å². The first-order valence-electron chi connectivity index (χ1n) is 8.11. The Morgan fingerprint density at radius 1 is 0.769 bits per heavy atom. The molecule has 4 nitrogen and oxygen atoms in total. The number of carbonyl (C=O) groups excluding carboxylic acids is 2. The number of nitrogens with one attached hydrogen (secondary N) is 2. The summed E-state index contributed by atoms with van der Waals surface area (Å²) < 4.78 is 0. The third kappa shape index (κ3) is 4.94. The molecule has 5 heteroatoms. The molecular formula is C21H17ClN2O2. The predicted octanol–water partition coefficient (Wildman–Crippen LogP) is 4.77. The molecule has 0 heterocycles. The average Bonchev–Trinajstić information content (AvgIpc) is 2.64. The zero-order chi connectivity index (χ0) is 18.4. The number of anilines is 2. The Labute approximate surface area is 156 Å². The monoisotopic (exact) mass is 364 g/mol. The van der Waals surface area contributed by atoms with E-state index in [2.05, 4.69) is 10.6 Å². The lowest BCUT2D eigenvalue weighted by Gasteiger charge is -2.09. The highest BCUT2D eigenvalue weighted by atomic mass is 35.5. The molecule has 26 heavy (non-hydrogen) atoms. The molecule has 2 N–H and O–H groups in total. The van der Waals surface area contributed by atoms with Gasteiger partial charge in [0.15, 0.2) is 0 Å². The molecule has 0 atom stereocenters. The number of rotatable bonds is 5. The molecule has 0 aromatic heterocycles. The summed E-state index contributed by atoms with van der Waals surface area (Å²) in [5.74, 6) is -0.339. The third-order valence-corrected chi connectivity index (χ3v) is 3.97. The second-order valence-corrected chi connectivity index (χ2v) is 6.19. The SMILES string of the molecule is O=C(Cc1ccc(Cl)cc1)Nc1cccc(NC(=O)c2ccccc2)c1. The Bertz CT molecular complexity index is 909. The van der Waals surface area contributed by atoms with E-state index < -0.39 is 0 Å². The van der Waals surface area contributed by atoms with Gasteiger partial charge in [0.2, 0.25) is 5.91 Å². The molecule has 0 spiro atoms. The molecule has 2 amide bonds. The summed E-state index contributed by atoms with van der Waals surface area (Å²) in [5.41, 5.74) is 2.68. The van der Waals surface area contributed by atoms with Crippen LogP contribution in [-0.2, 0) is 11.2 Å². The highest BCUT2D eigenvalue weighted by molar-refractivity contribution is 6.30. The number of carbonyl (C=O) groups is 2. The molecule has 130 valence electrons. The van der Waals surface area contributed by atoms with E-state index in [1.54, 1.807) is 48.5 Å². The van der Waals surface area contributed by atoms with E-state index in [1.807, 2.05) is 30.3 Å². The van der Waals surface area contributed by atoms with Gasteiger partial charge < -0.3 is 10.6 Å². The van der Waals surface area contributed by atoms with E-state index in [1.165, 1.54) is 0 Å². The van der Waals surface area contributed by atoms with Gasteiger partial charge in [0, 0.05) is 22.0 Å². The zero-order valence-electron chi connectivity index (χ0n) is 13.9. The predicted molar refractivity (Wildman–Crippen MR) is 105 cm³/mol. The van der Waals surface area contributed by atoms with Gasteiger partial charge in [-0.2, -0.15) is 0 Å². The molecule has 3 aromatic rings. The van der Waals surface area contributed by atoms with Gasteiger partial charge in [-0.3, -0.25) is 9.59 Å². The highest BCUT2D eigenvalue weighted by Gasteiger charge is 2.07. The van der Waals surface area contributed by atoms with Crippen molar-refractivity contribution in [1.29, 1.82) is 0 Å². The second kappa shape index (κ2) is 8.32. The first kappa shape index (κ1) is 17.7. The van der Waals surface area contributed by atoms with Gasteiger partial charge in [-0.1, -0.05) is 48.0 Å². The van der Waals surface area contributed by atoms with Gasteiger partial charge in [-0.25, -0.2) is 0 Å². The number of benzene rings is 3. The molecule has 0 saturated carbocycles. The lowest BCUT2D eigenvalue weighted by Crippen LogP contribution is -2.15. The fourth-order valence-electron chi connectivity index (χ4n) is 2.46. The van der Waals surface area contributed by atoms with Crippen LogP contribution in [-0.4, -0.2) is 11.8 Å². The van der Waals surface area contributed by atoms with Crippen molar-refractivity contribution < 1.29 is 9.59 Å². The Morgan fingerprint density at radius 3 is 2.12 bits per heavy atom. The van der Waals surface area contributed by atoms with Crippen molar-refractivity contribution in [2.45, 2.75) is 6.42 Å². The molecule has 0 aliphatic rings. The van der Waals surface area contributed by atoms with Crippen molar-refractivity contribution in [1.82, 2.24) is 0 Å². The van der Waals surface area contributed by atoms with Crippen LogP contribution in [0.4, 0.5) is 11.4 Å². The Morgan fingerprint density at radius 2 is 1.42 bits per heavy atom. The van der Waals surface area contributed by atoms with Gasteiger partial charge in [-0.05, 0) is 48.0 Å². The van der Waals surface area contributed by atoms with Crippen LogP contribution in [0.1, 0.15) is 15.9 Å². The topological polar surface area (TPSA) is 58.2 Å². The van der Waals surface area contributed by atoms with Crippen LogP contribution < -0.4 is 10.6 Å². The number of halogens is 1. The minimum absolute atomic E-state index is 0.140. The average molecular weight is 365 g/mol. The van der Waals surface area contributed by atoms with E-state index >= 15 is 0 Å². The van der Waals surface area contributed by atoms with Crippen LogP contribution in [0.2, 0.25) is 5.02 Å². The van der Waals surface area contributed by atoms with Crippen LogP contribution in [0.25, 0.3) is 0 Å². The van der Waals surface area contributed by atoms with Crippen LogP contribution in [0.3, 0.4) is 0 Å². The van der Waals surface area contributed by atoms with Crippen molar-refractivity contribution in [3.63, 3.8) is 0 Å². The van der Waals surface area contributed by atoms with Crippen molar-refractivity contribution in [2.24, 2.45) is 0 Å². The summed E-state index contributed by atoms with van der Waals surface area (Å²) in [6.07, 6.45) is 0.248. The minimum Gasteiger partial charge on any atom is -0.326 e. The van der Waals surface area contributed by atoms with Gasteiger partial charge in [0.1, 0.15) is 0 Å². The summed E-state index contributed by atoms with van der Waals surface area (Å²) in [5, 5.41) is 6.29. The molecule has 0 bridgehead atoms. The van der Waals surface area contributed by atoms with Gasteiger partial charge in [0.05, 0.1) is 6.42 Å². The van der Waals surface area contributed by atoms with E-state index in [4.69, 9.17) is 11.6 Å². The smallest absolute Gasteiger partial charge is 0.255 e. The fraction of sp³-hybridized carbons (Fsp3) is 0.0476. The van der Waals surface area contributed by atoms with Crippen LogP contribution in [0.5, 0.6) is 0 Å². The molecule has 0 unspecified atom stereocenters. The lowest BCUT2D eigenvalue weighted by atomic mass is 10.1. The maximum atomic E-state index is 12.2. The number of hydrogen-bond donors (Lipinski definition) is 2. The van der Waals surface area contributed by atoms with Crippen LogP contribution >= 0.6 is 11.6 Å². The molecule has 0 fully saturated rings. The van der Waals surface area contributed by atoms with Crippen molar-refractivity contribution in [3.8, 4) is 0 Å². The molecule has 0 aliphatic carbocycles. The largest absolute Gasteiger partial charge is 0.326 e. The van der Waals surface area contributed by atoms with Crippen molar-refractivity contribution in [3.05, 3.63) is 95.0 Å².